The van der Waals surface area contributed by atoms with Crippen molar-refractivity contribution in [3.63, 3.8) is 0 Å². The molecule has 1 aliphatic rings. The zero-order valence-corrected chi connectivity index (χ0v) is 20.0. The maximum Gasteiger partial charge on any atom is 0.242 e. The van der Waals surface area contributed by atoms with E-state index >= 15 is 0 Å². The molecule has 0 saturated carbocycles. The van der Waals surface area contributed by atoms with Gasteiger partial charge in [0.2, 0.25) is 21.8 Å². The molecule has 172 valence electrons. The summed E-state index contributed by atoms with van der Waals surface area (Å²) in [6.07, 6.45) is 0.171. The third kappa shape index (κ3) is 5.02. The van der Waals surface area contributed by atoms with Crippen LogP contribution in [0.15, 0.2) is 53.4 Å². The summed E-state index contributed by atoms with van der Waals surface area (Å²) in [6.45, 7) is 6.39. The van der Waals surface area contributed by atoms with Crippen LogP contribution in [0.1, 0.15) is 50.3 Å². The lowest BCUT2D eigenvalue weighted by Crippen LogP contribution is -2.34. The monoisotopic (exact) mass is 457 g/mol. The molecule has 0 aromatic heterocycles. The fourth-order valence-electron chi connectivity index (χ4n) is 3.74. The van der Waals surface area contributed by atoms with Crippen LogP contribution in [0.4, 0.5) is 5.69 Å². The third-order valence-corrected chi connectivity index (χ3v) is 7.69. The Morgan fingerprint density at radius 1 is 1.06 bits per heavy atom. The fourth-order valence-corrected chi connectivity index (χ4v) is 4.64. The third-order valence-electron chi connectivity index (χ3n) is 5.86. The SMILES string of the molecule is CC(C)c1cccc(N2CC(C(=O)NC(C)c3ccc(S(=O)(=O)N(C)C)cc3)CC2=O)c1. The van der Waals surface area contributed by atoms with E-state index in [4.69, 9.17) is 0 Å². The number of amides is 2. The highest BCUT2D eigenvalue weighted by Gasteiger charge is 2.35. The lowest BCUT2D eigenvalue weighted by molar-refractivity contribution is -0.126. The number of carbonyl (C=O) groups excluding carboxylic acids is 2. The smallest absolute Gasteiger partial charge is 0.242 e. The van der Waals surface area contributed by atoms with Gasteiger partial charge < -0.3 is 10.2 Å². The Balaban J connectivity index is 1.66. The molecule has 3 rings (SSSR count). The zero-order chi connectivity index (χ0) is 23.6. The molecule has 2 atom stereocenters. The van der Waals surface area contributed by atoms with Crippen molar-refractivity contribution in [2.24, 2.45) is 5.92 Å². The number of benzene rings is 2. The molecule has 2 aromatic rings. The molecule has 1 N–H and O–H groups in total. The molecule has 1 saturated heterocycles. The highest BCUT2D eigenvalue weighted by molar-refractivity contribution is 7.89. The summed E-state index contributed by atoms with van der Waals surface area (Å²) in [4.78, 5) is 27.3. The summed E-state index contributed by atoms with van der Waals surface area (Å²) in [7, 11) is -0.533. The van der Waals surface area contributed by atoms with E-state index in [1.54, 1.807) is 17.0 Å². The van der Waals surface area contributed by atoms with Gasteiger partial charge in [-0.3, -0.25) is 9.59 Å². The van der Waals surface area contributed by atoms with Crippen LogP contribution < -0.4 is 10.2 Å². The molecule has 0 radical (unpaired) electrons. The van der Waals surface area contributed by atoms with Crippen LogP contribution in [0.3, 0.4) is 0 Å². The predicted molar refractivity (Wildman–Crippen MR) is 125 cm³/mol. The quantitative estimate of drug-likeness (QED) is 0.691. The largest absolute Gasteiger partial charge is 0.349 e. The first-order valence-corrected chi connectivity index (χ1v) is 12.2. The second kappa shape index (κ2) is 9.42. The first-order chi connectivity index (χ1) is 15.0. The molecule has 1 fully saturated rings. The number of nitrogens with one attached hydrogen (secondary N) is 1. The van der Waals surface area contributed by atoms with Gasteiger partial charge in [0.05, 0.1) is 16.9 Å². The van der Waals surface area contributed by atoms with E-state index in [1.807, 2.05) is 31.2 Å². The average molecular weight is 458 g/mol. The van der Waals surface area contributed by atoms with Gasteiger partial charge in [-0.2, -0.15) is 0 Å². The molecule has 2 amide bonds. The van der Waals surface area contributed by atoms with Crippen molar-refractivity contribution in [3.8, 4) is 0 Å². The second-order valence-corrected chi connectivity index (χ2v) is 10.9. The highest BCUT2D eigenvalue weighted by Crippen LogP contribution is 2.28. The number of rotatable bonds is 7. The molecular weight excluding hydrogens is 426 g/mol. The average Bonchev–Trinajstić information content (AvgIpc) is 3.15. The van der Waals surface area contributed by atoms with Gasteiger partial charge in [0, 0.05) is 32.7 Å². The van der Waals surface area contributed by atoms with E-state index in [-0.39, 0.29) is 29.2 Å². The first kappa shape index (κ1) is 23.9. The number of carbonyl (C=O) groups is 2. The number of hydrogen-bond donors (Lipinski definition) is 1. The molecule has 1 aliphatic heterocycles. The van der Waals surface area contributed by atoms with Crippen LogP contribution in [0.25, 0.3) is 0 Å². The van der Waals surface area contributed by atoms with Gasteiger partial charge in [0.25, 0.3) is 0 Å². The van der Waals surface area contributed by atoms with Crippen molar-refractivity contribution in [3.05, 3.63) is 59.7 Å². The van der Waals surface area contributed by atoms with Crippen molar-refractivity contribution >= 4 is 27.5 Å². The van der Waals surface area contributed by atoms with Crippen molar-refractivity contribution in [2.45, 2.75) is 44.0 Å². The zero-order valence-electron chi connectivity index (χ0n) is 19.2. The van der Waals surface area contributed by atoms with Crippen LogP contribution in [-0.4, -0.2) is 45.2 Å². The van der Waals surface area contributed by atoms with Gasteiger partial charge in [-0.1, -0.05) is 38.1 Å². The van der Waals surface area contributed by atoms with E-state index in [2.05, 4.69) is 19.2 Å². The van der Waals surface area contributed by atoms with Crippen molar-refractivity contribution in [1.29, 1.82) is 0 Å². The van der Waals surface area contributed by atoms with Crippen molar-refractivity contribution in [1.82, 2.24) is 9.62 Å². The van der Waals surface area contributed by atoms with Crippen molar-refractivity contribution in [2.75, 3.05) is 25.5 Å². The Morgan fingerprint density at radius 2 is 1.72 bits per heavy atom. The summed E-state index contributed by atoms with van der Waals surface area (Å²) in [5.74, 6) is -0.317. The van der Waals surface area contributed by atoms with Gasteiger partial charge in [0.15, 0.2) is 0 Å². The minimum Gasteiger partial charge on any atom is -0.349 e. The van der Waals surface area contributed by atoms with Gasteiger partial charge in [-0.15, -0.1) is 0 Å². The predicted octanol–water partition coefficient (Wildman–Crippen LogP) is 3.29. The molecule has 7 nitrogen and oxygen atoms in total. The topological polar surface area (TPSA) is 86.8 Å². The summed E-state index contributed by atoms with van der Waals surface area (Å²) >= 11 is 0. The fraction of sp³-hybridized carbons (Fsp3) is 0.417. The van der Waals surface area contributed by atoms with E-state index < -0.39 is 15.9 Å². The number of nitrogens with zero attached hydrogens (tertiary/aromatic N) is 2. The molecule has 8 heteroatoms. The van der Waals surface area contributed by atoms with Crippen LogP contribution in [0, 0.1) is 5.92 Å². The van der Waals surface area contributed by atoms with Gasteiger partial charge in [-0.25, -0.2) is 12.7 Å². The lowest BCUT2D eigenvalue weighted by Gasteiger charge is -2.20. The van der Waals surface area contributed by atoms with Gasteiger partial charge >= 0.3 is 0 Å². The van der Waals surface area contributed by atoms with E-state index in [0.29, 0.717) is 12.5 Å². The summed E-state index contributed by atoms with van der Waals surface area (Å²) in [5.41, 5.74) is 2.76. The van der Waals surface area contributed by atoms with Crippen LogP contribution in [0.2, 0.25) is 0 Å². The molecule has 2 aromatic carbocycles. The molecule has 0 aliphatic carbocycles. The summed E-state index contributed by atoms with van der Waals surface area (Å²) in [5, 5.41) is 2.96. The number of hydrogen-bond acceptors (Lipinski definition) is 4. The highest BCUT2D eigenvalue weighted by atomic mass is 32.2. The molecule has 2 unspecified atom stereocenters. The van der Waals surface area contributed by atoms with Crippen LogP contribution in [0.5, 0.6) is 0 Å². The Bertz CT molecular complexity index is 1090. The number of sulfonamides is 1. The molecule has 32 heavy (non-hydrogen) atoms. The first-order valence-electron chi connectivity index (χ1n) is 10.7. The summed E-state index contributed by atoms with van der Waals surface area (Å²) in [6, 6.07) is 14.0. The lowest BCUT2D eigenvalue weighted by atomic mass is 10.0. The summed E-state index contributed by atoms with van der Waals surface area (Å²) < 4.78 is 25.6. The maximum atomic E-state index is 12.8. The standard InChI is InChI=1S/C24H31N3O4S/c1-16(2)19-7-6-8-21(13-19)27-15-20(14-23(27)28)24(29)25-17(3)18-9-11-22(12-10-18)32(30,31)26(4)5/h6-13,16-17,20H,14-15H2,1-5H3,(H,25,29). The normalized spacial score (nSPS) is 17.8. The van der Waals surface area contributed by atoms with Gasteiger partial charge in [0.1, 0.15) is 0 Å². The Labute approximate surface area is 190 Å². The van der Waals surface area contributed by atoms with E-state index in [0.717, 1.165) is 21.1 Å². The van der Waals surface area contributed by atoms with Crippen LogP contribution >= 0.6 is 0 Å². The number of anilines is 1. The molecule has 1 heterocycles. The van der Waals surface area contributed by atoms with Crippen LogP contribution in [-0.2, 0) is 19.6 Å². The molecule has 0 bridgehead atoms. The second-order valence-electron chi connectivity index (χ2n) is 8.74. The minimum atomic E-state index is -3.50. The van der Waals surface area contributed by atoms with Gasteiger partial charge in [-0.05, 0) is 48.2 Å². The maximum absolute atomic E-state index is 12.8. The Hall–Kier alpha value is -2.71. The van der Waals surface area contributed by atoms with E-state index in [1.165, 1.54) is 26.2 Å². The molecule has 0 spiro atoms. The van der Waals surface area contributed by atoms with E-state index in [9.17, 15) is 18.0 Å². The Kier molecular flexibility index (Phi) is 7.05. The minimum absolute atomic E-state index is 0.0584. The van der Waals surface area contributed by atoms with Crippen molar-refractivity contribution < 1.29 is 18.0 Å². The Morgan fingerprint density at radius 3 is 2.31 bits per heavy atom. The molecular formula is C24H31N3O4S.